The summed E-state index contributed by atoms with van der Waals surface area (Å²) in [5, 5.41) is 0.452. The Morgan fingerprint density at radius 2 is 2.08 bits per heavy atom. The monoisotopic (exact) mass is 414 g/mol. The Labute approximate surface area is 149 Å². The Bertz CT molecular complexity index is 943. The highest BCUT2D eigenvalue weighted by Crippen LogP contribution is 2.28. The van der Waals surface area contributed by atoms with Crippen molar-refractivity contribution >= 4 is 39.0 Å². The number of rotatable bonds is 4. The molecule has 0 spiro atoms. The van der Waals surface area contributed by atoms with Crippen LogP contribution in [0.15, 0.2) is 41.0 Å². The van der Waals surface area contributed by atoms with Gasteiger partial charge >= 0.3 is 6.61 Å². The van der Waals surface area contributed by atoms with Crippen molar-refractivity contribution in [2.45, 2.75) is 13.5 Å². The summed E-state index contributed by atoms with van der Waals surface area (Å²) in [5.74, 6) is -0.648. The maximum Gasteiger partial charge on any atom is 0.387 e. The highest BCUT2D eigenvalue weighted by molar-refractivity contribution is 9.10. The number of aromatic nitrogens is 2. The molecule has 0 amide bonds. The number of hydrogen-bond acceptors (Lipinski definition) is 3. The van der Waals surface area contributed by atoms with Crippen LogP contribution in [0.5, 0.6) is 5.75 Å². The van der Waals surface area contributed by atoms with Crippen LogP contribution in [0.2, 0.25) is 5.02 Å². The van der Waals surface area contributed by atoms with Gasteiger partial charge in [-0.2, -0.15) is 8.78 Å². The van der Waals surface area contributed by atoms with Gasteiger partial charge in [0, 0.05) is 12.3 Å². The maximum absolute atomic E-state index is 12.9. The molecule has 0 N–H and O–H groups in total. The standard InChI is InChI=1S/C16H10BrClF2N2O2/c1-8-14(22-7-10(17)11(18)6-13(22)21-8)15(23)9-4-2-3-5-12(9)24-16(19)20/h2-7,16H,1H3. The van der Waals surface area contributed by atoms with E-state index in [4.69, 9.17) is 11.6 Å². The lowest BCUT2D eigenvalue weighted by Crippen LogP contribution is -2.11. The van der Waals surface area contributed by atoms with Gasteiger partial charge in [-0.25, -0.2) is 4.98 Å². The number of carbonyl (C=O) groups is 1. The molecule has 0 saturated carbocycles. The molecular weight excluding hydrogens is 406 g/mol. The number of alkyl halides is 2. The van der Waals surface area contributed by atoms with Gasteiger partial charge in [0.2, 0.25) is 5.78 Å². The number of halogens is 4. The fourth-order valence-corrected chi connectivity index (χ4v) is 2.88. The third kappa shape index (κ3) is 3.01. The number of carbonyl (C=O) groups excluding carboxylic acids is 1. The van der Waals surface area contributed by atoms with Crippen LogP contribution in [0.1, 0.15) is 21.7 Å². The third-order valence-electron chi connectivity index (χ3n) is 3.40. The van der Waals surface area contributed by atoms with Crippen molar-refractivity contribution in [2.24, 2.45) is 0 Å². The second-order valence-electron chi connectivity index (χ2n) is 4.95. The molecule has 3 rings (SSSR count). The molecule has 0 saturated heterocycles. The number of ketones is 1. The van der Waals surface area contributed by atoms with Crippen molar-refractivity contribution < 1.29 is 18.3 Å². The summed E-state index contributed by atoms with van der Waals surface area (Å²) in [6.45, 7) is -1.35. The first-order valence-electron chi connectivity index (χ1n) is 6.80. The number of nitrogens with zero attached hydrogens (tertiary/aromatic N) is 2. The molecule has 124 valence electrons. The van der Waals surface area contributed by atoms with E-state index < -0.39 is 12.4 Å². The van der Waals surface area contributed by atoms with Gasteiger partial charge in [0.1, 0.15) is 17.1 Å². The molecule has 2 heterocycles. The smallest absolute Gasteiger partial charge is 0.387 e. The second-order valence-corrected chi connectivity index (χ2v) is 6.21. The number of ether oxygens (including phenoxy) is 1. The van der Waals surface area contributed by atoms with Crippen LogP contribution >= 0.6 is 27.5 Å². The van der Waals surface area contributed by atoms with Crippen LogP contribution in [0.4, 0.5) is 8.78 Å². The summed E-state index contributed by atoms with van der Waals surface area (Å²) in [6.07, 6.45) is 1.61. The Hall–Kier alpha value is -1.99. The van der Waals surface area contributed by atoms with E-state index in [2.05, 4.69) is 25.7 Å². The third-order valence-corrected chi connectivity index (χ3v) is 4.57. The van der Waals surface area contributed by atoms with Crippen LogP contribution in [-0.2, 0) is 0 Å². The van der Waals surface area contributed by atoms with Crippen LogP contribution < -0.4 is 4.74 Å². The van der Waals surface area contributed by atoms with E-state index in [1.165, 1.54) is 18.2 Å². The lowest BCUT2D eigenvalue weighted by atomic mass is 10.1. The molecule has 24 heavy (non-hydrogen) atoms. The van der Waals surface area contributed by atoms with Gasteiger partial charge in [0.05, 0.1) is 20.8 Å². The minimum absolute atomic E-state index is 0.0359. The van der Waals surface area contributed by atoms with E-state index in [9.17, 15) is 13.6 Å². The van der Waals surface area contributed by atoms with Crippen LogP contribution in [0.25, 0.3) is 5.65 Å². The van der Waals surface area contributed by atoms with Crippen molar-refractivity contribution in [1.82, 2.24) is 9.38 Å². The van der Waals surface area contributed by atoms with Crippen molar-refractivity contribution in [1.29, 1.82) is 0 Å². The molecule has 0 radical (unpaired) electrons. The Balaban J connectivity index is 2.16. The van der Waals surface area contributed by atoms with E-state index in [0.717, 1.165) is 0 Å². The van der Waals surface area contributed by atoms with E-state index >= 15 is 0 Å². The fraction of sp³-hybridized carbons (Fsp3) is 0.125. The molecule has 8 heteroatoms. The second kappa shape index (κ2) is 6.49. The largest absolute Gasteiger partial charge is 0.434 e. The van der Waals surface area contributed by atoms with Gasteiger partial charge in [-0.1, -0.05) is 23.7 Å². The number of pyridine rings is 1. The predicted molar refractivity (Wildman–Crippen MR) is 89.1 cm³/mol. The number of aryl methyl sites for hydroxylation is 1. The molecule has 1 aromatic carbocycles. The maximum atomic E-state index is 12.9. The minimum atomic E-state index is -3.02. The van der Waals surface area contributed by atoms with Gasteiger partial charge in [-0.3, -0.25) is 9.20 Å². The minimum Gasteiger partial charge on any atom is -0.434 e. The van der Waals surface area contributed by atoms with Crippen molar-refractivity contribution in [3.8, 4) is 5.75 Å². The summed E-state index contributed by atoms with van der Waals surface area (Å²) < 4.78 is 31.7. The topological polar surface area (TPSA) is 43.6 Å². The van der Waals surface area contributed by atoms with Crippen molar-refractivity contribution in [3.05, 3.63) is 63.0 Å². The highest BCUT2D eigenvalue weighted by atomic mass is 79.9. The molecule has 3 aromatic rings. The highest BCUT2D eigenvalue weighted by Gasteiger charge is 2.23. The van der Waals surface area contributed by atoms with Crippen molar-refractivity contribution in [2.75, 3.05) is 0 Å². The number of para-hydroxylation sites is 1. The van der Waals surface area contributed by atoms with E-state index in [-0.39, 0.29) is 17.0 Å². The first-order valence-corrected chi connectivity index (χ1v) is 7.98. The van der Waals surface area contributed by atoms with Gasteiger partial charge in [-0.05, 0) is 35.0 Å². The van der Waals surface area contributed by atoms with E-state index in [0.29, 0.717) is 20.8 Å². The molecule has 0 fully saturated rings. The normalized spacial score (nSPS) is 11.2. The molecule has 0 bridgehead atoms. The Morgan fingerprint density at radius 3 is 2.79 bits per heavy atom. The molecule has 2 aromatic heterocycles. The Kier molecular flexibility index (Phi) is 4.56. The zero-order valence-corrected chi connectivity index (χ0v) is 14.6. The predicted octanol–water partition coefficient (Wildman–Crippen LogP) is 4.89. The van der Waals surface area contributed by atoms with E-state index in [1.807, 2.05) is 0 Å². The lowest BCUT2D eigenvalue weighted by Gasteiger charge is -2.10. The molecule has 0 aliphatic carbocycles. The number of imidazole rings is 1. The molecule has 4 nitrogen and oxygen atoms in total. The number of fused-ring (bicyclic) bond motifs is 1. The Morgan fingerprint density at radius 1 is 1.38 bits per heavy atom. The summed E-state index contributed by atoms with van der Waals surface area (Å²) >= 11 is 9.34. The summed E-state index contributed by atoms with van der Waals surface area (Å²) in [4.78, 5) is 17.2. The van der Waals surface area contributed by atoms with Crippen LogP contribution in [0.3, 0.4) is 0 Å². The number of hydrogen-bond donors (Lipinski definition) is 0. The fourth-order valence-electron chi connectivity index (χ4n) is 2.41. The quantitative estimate of drug-likeness (QED) is 0.570. The van der Waals surface area contributed by atoms with Crippen LogP contribution in [0, 0.1) is 6.92 Å². The van der Waals surface area contributed by atoms with Gasteiger partial charge < -0.3 is 4.74 Å². The van der Waals surface area contributed by atoms with Gasteiger partial charge in [-0.15, -0.1) is 0 Å². The summed E-state index contributed by atoms with van der Waals surface area (Å²) in [5.41, 5.74) is 1.23. The summed E-state index contributed by atoms with van der Waals surface area (Å²) in [6, 6.07) is 7.47. The van der Waals surface area contributed by atoms with Crippen LogP contribution in [-0.4, -0.2) is 21.8 Å². The summed E-state index contributed by atoms with van der Waals surface area (Å²) in [7, 11) is 0. The molecular formula is C16H10BrClF2N2O2. The average molecular weight is 416 g/mol. The van der Waals surface area contributed by atoms with E-state index in [1.54, 1.807) is 29.7 Å². The SMILES string of the molecule is Cc1nc2cc(Cl)c(Br)cn2c1C(=O)c1ccccc1OC(F)F. The molecule has 0 unspecified atom stereocenters. The first kappa shape index (κ1) is 16.9. The van der Waals surface area contributed by atoms with Gasteiger partial charge in [0.15, 0.2) is 0 Å². The lowest BCUT2D eigenvalue weighted by molar-refractivity contribution is -0.0501. The van der Waals surface area contributed by atoms with Crippen molar-refractivity contribution in [3.63, 3.8) is 0 Å². The first-order chi connectivity index (χ1) is 11.4. The molecule has 0 aliphatic rings. The zero-order chi connectivity index (χ0) is 17.4. The number of benzene rings is 1. The molecule has 0 aliphatic heterocycles. The zero-order valence-electron chi connectivity index (χ0n) is 12.3. The molecule has 0 atom stereocenters. The average Bonchev–Trinajstić information content (AvgIpc) is 2.82. The van der Waals surface area contributed by atoms with Gasteiger partial charge in [0.25, 0.3) is 0 Å².